The molecule has 0 fully saturated rings. The van der Waals surface area contributed by atoms with Gasteiger partial charge in [-0.1, -0.05) is 0 Å². The van der Waals surface area contributed by atoms with E-state index < -0.39 is 22.1 Å². The standard InChI is InChI=1S/C12H14N2O6/c1-13-11(15)3-2-6-20-8-4-5-10(14(18)19)9(7-8)12(16)17/h4-5,7H,2-3,6H2,1H3,(H,13,15)(H,16,17). The van der Waals surface area contributed by atoms with Gasteiger partial charge in [0.15, 0.2) is 0 Å². The first-order chi connectivity index (χ1) is 9.45. The fraction of sp³-hybridized carbons (Fsp3) is 0.333. The van der Waals surface area contributed by atoms with E-state index in [2.05, 4.69) is 5.32 Å². The predicted octanol–water partition coefficient (Wildman–Crippen LogP) is 1.20. The molecule has 8 heteroatoms. The average Bonchev–Trinajstić information content (AvgIpc) is 2.42. The number of hydrogen-bond donors (Lipinski definition) is 2. The van der Waals surface area contributed by atoms with Crippen molar-refractivity contribution < 1.29 is 24.4 Å². The zero-order valence-electron chi connectivity index (χ0n) is 10.8. The van der Waals surface area contributed by atoms with Crippen LogP contribution in [-0.2, 0) is 4.79 Å². The zero-order chi connectivity index (χ0) is 15.1. The smallest absolute Gasteiger partial charge is 0.342 e. The number of nitrogens with one attached hydrogen (secondary N) is 1. The Morgan fingerprint density at radius 1 is 1.45 bits per heavy atom. The van der Waals surface area contributed by atoms with Crippen LogP contribution < -0.4 is 10.1 Å². The summed E-state index contributed by atoms with van der Waals surface area (Å²) < 4.78 is 5.26. The monoisotopic (exact) mass is 282 g/mol. The number of rotatable bonds is 7. The maximum absolute atomic E-state index is 11.0. The molecule has 1 amide bonds. The van der Waals surface area contributed by atoms with Gasteiger partial charge in [-0.3, -0.25) is 14.9 Å². The van der Waals surface area contributed by atoms with Crippen LogP contribution in [0, 0.1) is 10.1 Å². The second-order valence-corrected chi connectivity index (χ2v) is 3.87. The van der Waals surface area contributed by atoms with Crippen molar-refractivity contribution in [3.05, 3.63) is 33.9 Å². The first-order valence-electron chi connectivity index (χ1n) is 5.80. The SMILES string of the molecule is CNC(=O)CCCOc1ccc([N+](=O)[O-])c(C(=O)O)c1. The van der Waals surface area contributed by atoms with Gasteiger partial charge in [-0.05, 0) is 12.5 Å². The molecule has 1 aromatic carbocycles. The van der Waals surface area contributed by atoms with Crippen LogP contribution in [0.25, 0.3) is 0 Å². The number of amides is 1. The molecule has 8 nitrogen and oxygen atoms in total. The third kappa shape index (κ3) is 4.23. The van der Waals surface area contributed by atoms with Gasteiger partial charge in [-0.2, -0.15) is 0 Å². The highest BCUT2D eigenvalue weighted by molar-refractivity contribution is 5.92. The third-order valence-corrected chi connectivity index (χ3v) is 2.49. The summed E-state index contributed by atoms with van der Waals surface area (Å²) in [6.45, 7) is 0.213. The number of carboxylic acid groups (broad SMARTS) is 1. The van der Waals surface area contributed by atoms with E-state index >= 15 is 0 Å². The molecule has 0 saturated heterocycles. The van der Waals surface area contributed by atoms with Crippen molar-refractivity contribution in [2.45, 2.75) is 12.8 Å². The Labute approximate surface area is 114 Å². The van der Waals surface area contributed by atoms with Gasteiger partial charge in [-0.15, -0.1) is 0 Å². The average molecular weight is 282 g/mol. The van der Waals surface area contributed by atoms with E-state index in [0.29, 0.717) is 6.42 Å². The van der Waals surface area contributed by atoms with E-state index in [1.165, 1.54) is 13.1 Å². The first kappa shape index (κ1) is 15.4. The van der Waals surface area contributed by atoms with Gasteiger partial charge in [0, 0.05) is 25.6 Å². The molecule has 0 aliphatic carbocycles. The minimum absolute atomic E-state index is 0.122. The number of aromatic carboxylic acids is 1. The molecule has 20 heavy (non-hydrogen) atoms. The molecular formula is C12H14N2O6. The van der Waals surface area contributed by atoms with Crippen LogP contribution in [0.5, 0.6) is 5.75 Å². The lowest BCUT2D eigenvalue weighted by Gasteiger charge is -2.07. The Bertz CT molecular complexity index is 529. The highest BCUT2D eigenvalue weighted by Crippen LogP contribution is 2.24. The Hall–Kier alpha value is -2.64. The summed E-state index contributed by atoms with van der Waals surface area (Å²) in [5.74, 6) is -1.30. The molecule has 0 heterocycles. The number of hydrogen-bond acceptors (Lipinski definition) is 5. The van der Waals surface area contributed by atoms with E-state index in [1.54, 1.807) is 0 Å². The van der Waals surface area contributed by atoms with Gasteiger partial charge >= 0.3 is 5.97 Å². The number of carbonyl (C=O) groups is 2. The lowest BCUT2D eigenvalue weighted by atomic mass is 10.1. The summed E-state index contributed by atoms with van der Waals surface area (Å²) in [5.41, 5.74) is -0.922. The summed E-state index contributed by atoms with van der Waals surface area (Å²) >= 11 is 0. The van der Waals surface area contributed by atoms with E-state index in [1.807, 2.05) is 0 Å². The minimum Gasteiger partial charge on any atom is -0.494 e. The molecule has 1 aromatic rings. The Morgan fingerprint density at radius 3 is 2.70 bits per heavy atom. The fourth-order valence-corrected chi connectivity index (χ4v) is 1.48. The van der Waals surface area contributed by atoms with Crippen LogP contribution in [0.1, 0.15) is 23.2 Å². The zero-order valence-corrected chi connectivity index (χ0v) is 10.8. The molecule has 0 bridgehead atoms. The van der Waals surface area contributed by atoms with Crippen molar-refractivity contribution in [1.29, 1.82) is 0 Å². The topological polar surface area (TPSA) is 119 Å². The van der Waals surface area contributed by atoms with Gasteiger partial charge in [-0.25, -0.2) is 4.79 Å². The molecule has 0 atom stereocenters. The van der Waals surface area contributed by atoms with Crippen molar-refractivity contribution in [2.24, 2.45) is 0 Å². The van der Waals surface area contributed by atoms with Crippen molar-refractivity contribution in [3.8, 4) is 5.75 Å². The molecule has 0 radical (unpaired) electrons. The van der Waals surface area contributed by atoms with Crippen LogP contribution in [0.3, 0.4) is 0 Å². The lowest BCUT2D eigenvalue weighted by Crippen LogP contribution is -2.18. The molecule has 0 saturated carbocycles. The number of benzene rings is 1. The molecule has 108 valence electrons. The van der Waals surface area contributed by atoms with Gasteiger partial charge in [0.25, 0.3) is 5.69 Å². The summed E-state index contributed by atoms with van der Waals surface area (Å²) in [6.07, 6.45) is 0.744. The highest BCUT2D eigenvalue weighted by atomic mass is 16.6. The minimum atomic E-state index is -1.40. The summed E-state index contributed by atoms with van der Waals surface area (Å²) in [4.78, 5) is 31.8. The first-order valence-corrected chi connectivity index (χ1v) is 5.80. The molecule has 1 rings (SSSR count). The summed E-state index contributed by atoms with van der Waals surface area (Å²) in [7, 11) is 1.53. The summed E-state index contributed by atoms with van der Waals surface area (Å²) in [5, 5.41) is 22.0. The normalized spacial score (nSPS) is 9.85. The van der Waals surface area contributed by atoms with Crippen LogP contribution in [-0.4, -0.2) is 35.6 Å². The van der Waals surface area contributed by atoms with E-state index in [9.17, 15) is 19.7 Å². The molecule has 0 spiro atoms. The van der Waals surface area contributed by atoms with E-state index in [4.69, 9.17) is 9.84 Å². The number of nitro benzene ring substituents is 1. The molecule has 0 aliphatic rings. The second kappa shape index (κ2) is 7.07. The Balaban J connectivity index is 2.68. The largest absolute Gasteiger partial charge is 0.494 e. The van der Waals surface area contributed by atoms with Gasteiger partial charge < -0.3 is 15.2 Å². The molecule has 0 aromatic heterocycles. The summed E-state index contributed by atoms with van der Waals surface area (Å²) in [6, 6.07) is 3.50. The van der Waals surface area contributed by atoms with Crippen molar-refractivity contribution in [3.63, 3.8) is 0 Å². The van der Waals surface area contributed by atoms with Crippen LogP contribution >= 0.6 is 0 Å². The van der Waals surface area contributed by atoms with Gasteiger partial charge in [0.2, 0.25) is 5.91 Å². The van der Waals surface area contributed by atoms with Crippen LogP contribution in [0.4, 0.5) is 5.69 Å². The maximum atomic E-state index is 11.0. The Kier molecular flexibility index (Phi) is 5.45. The van der Waals surface area contributed by atoms with Gasteiger partial charge in [0.05, 0.1) is 11.5 Å². The number of nitrogens with zero attached hydrogens (tertiary/aromatic N) is 1. The second-order valence-electron chi connectivity index (χ2n) is 3.87. The fourth-order valence-electron chi connectivity index (χ4n) is 1.48. The van der Waals surface area contributed by atoms with Crippen molar-refractivity contribution in [1.82, 2.24) is 5.32 Å². The molecular weight excluding hydrogens is 268 g/mol. The highest BCUT2D eigenvalue weighted by Gasteiger charge is 2.20. The van der Waals surface area contributed by atoms with Crippen LogP contribution in [0.15, 0.2) is 18.2 Å². The van der Waals surface area contributed by atoms with Gasteiger partial charge in [0.1, 0.15) is 11.3 Å². The number of nitro groups is 1. The molecule has 0 unspecified atom stereocenters. The maximum Gasteiger partial charge on any atom is 0.342 e. The number of carboxylic acids is 1. The molecule has 0 aliphatic heterocycles. The van der Waals surface area contributed by atoms with Crippen molar-refractivity contribution >= 4 is 17.6 Å². The van der Waals surface area contributed by atoms with E-state index in [-0.39, 0.29) is 24.7 Å². The molecule has 2 N–H and O–H groups in total. The number of carbonyl (C=O) groups excluding carboxylic acids is 1. The lowest BCUT2D eigenvalue weighted by molar-refractivity contribution is -0.385. The predicted molar refractivity (Wildman–Crippen MR) is 68.9 cm³/mol. The van der Waals surface area contributed by atoms with Crippen LogP contribution in [0.2, 0.25) is 0 Å². The van der Waals surface area contributed by atoms with E-state index in [0.717, 1.165) is 12.1 Å². The van der Waals surface area contributed by atoms with Crippen molar-refractivity contribution in [2.75, 3.05) is 13.7 Å². The number of ether oxygens (including phenoxy) is 1. The third-order valence-electron chi connectivity index (χ3n) is 2.49. The Morgan fingerprint density at radius 2 is 2.15 bits per heavy atom. The quantitative estimate of drug-likeness (QED) is 0.440.